The zero-order valence-corrected chi connectivity index (χ0v) is 23.1. The molecule has 0 bridgehead atoms. The molecule has 0 aliphatic rings. The molecule has 8 aromatic rings. The fourth-order valence-electron chi connectivity index (χ4n) is 6.05. The van der Waals surface area contributed by atoms with Gasteiger partial charge < -0.3 is 0 Å². The van der Waals surface area contributed by atoms with Gasteiger partial charge in [0.15, 0.2) is 0 Å². The summed E-state index contributed by atoms with van der Waals surface area (Å²) >= 11 is 1.84. The Kier molecular flexibility index (Phi) is 5.79. The number of hydrogen-bond donors (Lipinski definition) is 0. The lowest BCUT2D eigenvalue weighted by Gasteiger charge is -2.18. The second kappa shape index (κ2) is 9.92. The zero-order valence-electron chi connectivity index (χ0n) is 22.3. The Morgan fingerprint density at radius 3 is 2.02 bits per heavy atom. The lowest BCUT2D eigenvalue weighted by molar-refractivity contribution is 1.36. The lowest BCUT2D eigenvalue weighted by Crippen LogP contribution is -1.91. The quantitative estimate of drug-likeness (QED) is 0.206. The largest absolute Gasteiger partial charge is 0.264 e. The topological polar surface area (TPSA) is 12.9 Å². The SMILES string of the molecule is c1cc(Sc2c3ccccc3c(-c3cccc4ccccc34)c3cnccc23)cc(-c2ccc3ccccc3c2)c1. The molecular formula is C39H25NS. The van der Waals surface area contributed by atoms with Gasteiger partial charge in [0.1, 0.15) is 0 Å². The maximum Gasteiger partial charge on any atom is 0.0353 e. The third-order valence-corrected chi connectivity index (χ3v) is 9.11. The second-order valence-electron chi connectivity index (χ2n) is 10.4. The van der Waals surface area contributed by atoms with Crippen molar-refractivity contribution in [2.45, 2.75) is 9.79 Å². The van der Waals surface area contributed by atoms with Gasteiger partial charge in [0.05, 0.1) is 0 Å². The molecule has 7 aromatic carbocycles. The van der Waals surface area contributed by atoms with Gasteiger partial charge in [-0.25, -0.2) is 0 Å². The third-order valence-electron chi connectivity index (χ3n) is 7.97. The van der Waals surface area contributed by atoms with Gasteiger partial charge in [-0.05, 0) is 84.2 Å². The molecule has 2 heteroatoms. The standard InChI is InChI=1S/C39H25NS/c1-2-11-28-23-30(20-19-26(28)9-1)29-13-7-14-31(24-29)41-39-35-17-6-5-16-34(35)38(37-25-40-22-21-36(37)39)33-18-8-12-27-10-3-4-15-32(27)33/h1-25H. The van der Waals surface area contributed by atoms with Gasteiger partial charge in [-0.2, -0.15) is 0 Å². The van der Waals surface area contributed by atoms with Crippen molar-refractivity contribution in [2.24, 2.45) is 0 Å². The molecule has 8 rings (SSSR count). The molecule has 0 aliphatic heterocycles. The summed E-state index contributed by atoms with van der Waals surface area (Å²) in [6.45, 7) is 0. The van der Waals surface area contributed by atoms with E-state index in [9.17, 15) is 0 Å². The van der Waals surface area contributed by atoms with E-state index in [0.29, 0.717) is 0 Å². The van der Waals surface area contributed by atoms with E-state index < -0.39 is 0 Å². The molecule has 41 heavy (non-hydrogen) atoms. The number of fused-ring (bicyclic) bond motifs is 4. The van der Waals surface area contributed by atoms with Crippen LogP contribution in [-0.4, -0.2) is 4.98 Å². The molecule has 0 unspecified atom stereocenters. The molecule has 1 heterocycles. The van der Waals surface area contributed by atoms with E-state index in [0.717, 1.165) is 0 Å². The smallest absolute Gasteiger partial charge is 0.0353 e. The molecule has 0 fully saturated rings. The van der Waals surface area contributed by atoms with Gasteiger partial charge in [-0.1, -0.05) is 127 Å². The van der Waals surface area contributed by atoms with Crippen LogP contribution < -0.4 is 0 Å². The summed E-state index contributed by atoms with van der Waals surface area (Å²) in [4.78, 5) is 7.08. The zero-order chi connectivity index (χ0) is 27.2. The highest BCUT2D eigenvalue weighted by molar-refractivity contribution is 7.99. The third kappa shape index (κ3) is 4.16. The van der Waals surface area contributed by atoms with Crippen molar-refractivity contribution in [2.75, 3.05) is 0 Å². The van der Waals surface area contributed by atoms with Gasteiger partial charge >= 0.3 is 0 Å². The Hall–Kier alpha value is -4.92. The molecule has 1 nitrogen and oxygen atoms in total. The molecule has 0 spiro atoms. The van der Waals surface area contributed by atoms with Gasteiger partial charge in [-0.15, -0.1) is 0 Å². The van der Waals surface area contributed by atoms with Gasteiger partial charge in [0.2, 0.25) is 0 Å². The fourth-order valence-corrected chi connectivity index (χ4v) is 7.19. The Bertz CT molecular complexity index is 2190. The summed E-state index contributed by atoms with van der Waals surface area (Å²) < 4.78 is 0. The Labute approximate surface area is 243 Å². The minimum absolute atomic E-state index is 1.18. The van der Waals surface area contributed by atoms with Crippen LogP contribution >= 0.6 is 11.8 Å². The van der Waals surface area contributed by atoms with Crippen molar-refractivity contribution in [3.05, 3.63) is 152 Å². The van der Waals surface area contributed by atoms with Crippen LogP contribution in [0.5, 0.6) is 0 Å². The number of aromatic nitrogens is 1. The molecule has 0 saturated heterocycles. The number of nitrogens with zero attached hydrogens (tertiary/aromatic N) is 1. The average molecular weight is 540 g/mol. The molecule has 0 aliphatic carbocycles. The van der Waals surface area contributed by atoms with E-state index in [1.54, 1.807) is 0 Å². The van der Waals surface area contributed by atoms with Gasteiger partial charge in [0.25, 0.3) is 0 Å². The summed E-state index contributed by atoms with van der Waals surface area (Å²) in [5.74, 6) is 0. The van der Waals surface area contributed by atoms with Crippen LogP contribution in [0.15, 0.2) is 162 Å². The van der Waals surface area contributed by atoms with Crippen molar-refractivity contribution < 1.29 is 0 Å². The second-order valence-corrected chi connectivity index (χ2v) is 11.5. The molecule has 0 saturated carbocycles. The predicted octanol–water partition coefficient (Wildman–Crippen LogP) is 11.2. The van der Waals surface area contributed by atoms with Crippen molar-refractivity contribution >= 4 is 54.9 Å². The number of pyridine rings is 1. The summed E-state index contributed by atoms with van der Waals surface area (Å²) in [5, 5.41) is 9.94. The fraction of sp³-hybridized carbons (Fsp3) is 0. The van der Waals surface area contributed by atoms with Crippen LogP contribution in [0.2, 0.25) is 0 Å². The van der Waals surface area contributed by atoms with Crippen molar-refractivity contribution in [1.82, 2.24) is 4.98 Å². The van der Waals surface area contributed by atoms with Crippen LogP contribution in [0, 0.1) is 0 Å². The first kappa shape index (κ1) is 23.9. The van der Waals surface area contributed by atoms with Crippen LogP contribution in [0.3, 0.4) is 0 Å². The predicted molar refractivity (Wildman–Crippen MR) is 176 cm³/mol. The Morgan fingerprint density at radius 2 is 1.12 bits per heavy atom. The minimum Gasteiger partial charge on any atom is -0.264 e. The van der Waals surface area contributed by atoms with Crippen molar-refractivity contribution in [1.29, 1.82) is 0 Å². The van der Waals surface area contributed by atoms with Crippen LogP contribution in [0.4, 0.5) is 0 Å². The molecular weight excluding hydrogens is 515 g/mol. The first-order valence-electron chi connectivity index (χ1n) is 13.9. The number of benzene rings is 7. The molecule has 1 aromatic heterocycles. The van der Waals surface area contributed by atoms with Crippen LogP contribution in [-0.2, 0) is 0 Å². The van der Waals surface area contributed by atoms with E-state index in [1.807, 2.05) is 24.2 Å². The normalized spacial score (nSPS) is 11.5. The van der Waals surface area contributed by atoms with E-state index >= 15 is 0 Å². The first-order valence-corrected chi connectivity index (χ1v) is 14.7. The number of hydrogen-bond acceptors (Lipinski definition) is 2. The lowest BCUT2D eigenvalue weighted by atomic mass is 9.90. The van der Waals surface area contributed by atoms with Gasteiger partial charge in [-0.3, -0.25) is 4.98 Å². The molecule has 0 N–H and O–H groups in total. The summed E-state index contributed by atoms with van der Waals surface area (Å²) in [5.41, 5.74) is 4.95. The maximum atomic E-state index is 4.60. The highest BCUT2D eigenvalue weighted by Crippen LogP contribution is 2.46. The Balaban J connectivity index is 1.32. The average Bonchev–Trinajstić information content (AvgIpc) is 3.04. The van der Waals surface area contributed by atoms with E-state index in [1.165, 1.54) is 75.1 Å². The highest BCUT2D eigenvalue weighted by atomic mass is 32.2. The molecule has 0 amide bonds. The molecule has 192 valence electrons. The van der Waals surface area contributed by atoms with Crippen LogP contribution in [0.25, 0.3) is 65.3 Å². The molecule has 0 atom stereocenters. The highest BCUT2D eigenvalue weighted by Gasteiger charge is 2.18. The van der Waals surface area contributed by atoms with E-state index in [4.69, 9.17) is 0 Å². The van der Waals surface area contributed by atoms with Crippen molar-refractivity contribution in [3.63, 3.8) is 0 Å². The van der Waals surface area contributed by atoms with E-state index in [-0.39, 0.29) is 0 Å². The summed E-state index contributed by atoms with van der Waals surface area (Å²) in [7, 11) is 0. The van der Waals surface area contributed by atoms with Gasteiger partial charge in [0, 0.05) is 27.6 Å². The van der Waals surface area contributed by atoms with E-state index in [2.05, 4.69) is 145 Å². The summed E-state index contributed by atoms with van der Waals surface area (Å²) in [6, 6.07) is 50.4. The molecule has 0 radical (unpaired) electrons. The maximum absolute atomic E-state index is 4.60. The monoisotopic (exact) mass is 539 g/mol. The minimum atomic E-state index is 1.18. The first-order chi connectivity index (χ1) is 20.3. The summed E-state index contributed by atoms with van der Waals surface area (Å²) in [6.07, 6.45) is 3.95. The van der Waals surface area contributed by atoms with Crippen molar-refractivity contribution in [3.8, 4) is 22.3 Å². The van der Waals surface area contributed by atoms with Crippen LogP contribution in [0.1, 0.15) is 0 Å². The Morgan fingerprint density at radius 1 is 0.439 bits per heavy atom. The number of rotatable bonds is 4.